The van der Waals surface area contributed by atoms with E-state index in [0.29, 0.717) is 4.88 Å². The van der Waals surface area contributed by atoms with Crippen LogP contribution in [0.5, 0.6) is 0 Å². The third-order valence-electron chi connectivity index (χ3n) is 3.16. The average molecular weight is 291 g/mol. The molecule has 106 valence electrons. The summed E-state index contributed by atoms with van der Waals surface area (Å²) in [5.41, 5.74) is 0.740. The van der Waals surface area contributed by atoms with Gasteiger partial charge >= 0.3 is 5.97 Å². The first-order valence-electron chi connectivity index (χ1n) is 6.35. The fourth-order valence-corrected chi connectivity index (χ4v) is 3.11. The maximum atomic E-state index is 11.2. The van der Waals surface area contributed by atoms with Gasteiger partial charge in [0.1, 0.15) is 21.9 Å². The van der Waals surface area contributed by atoms with E-state index >= 15 is 0 Å². The highest BCUT2D eigenvalue weighted by atomic mass is 32.1. The van der Waals surface area contributed by atoms with Gasteiger partial charge < -0.3 is 10.0 Å². The van der Waals surface area contributed by atoms with Crippen molar-refractivity contribution < 1.29 is 9.90 Å². The molecule has 0 saturated carbocycles. The number of rotatable bonds is 6. The molecular weight excluding hydrogens is 274 g/mol. The van der Waals surface area contributed by atoms with Crippen LogP contribution in [-0.2, 0) is 0 Å². The van der Waals surface area contributed by atoms with Crippen molar-refractivity contribution >= 4 is 33.3 Å². The SMILES string of the molecule is C=CCCCN(C)c1ncnc2sc(C(=O)O)c(C)c12. The van der Waals surface area contributed by atoms with Crippen molar-refractivity contribution in [3.8, 4) is 0 Å². The molecule has 0 aromatic carbocycles. The highest BCUT2D eigenvalue weighted by Crippen LogP contribution is 2.34. The molecule has 5 nitrogen and oxygen atoms in total. The predicted octanol–water partition coefficient (Wildman–Crippen LogP) is 3.10. The molecule has 0 aliphatic heterocycles. The van der Waals surface area contributed by atoms with E-state index in [1.165, 1.54) is 17.7 Å². The molecule has 0 saturated heterocycles. The number of thiophene rings is 1. The normalized spacial score (nSPS) is 10.7. The third-order valence-corrected chi connectivity index (χ3v) is 4.35. The Morgan fingerprint density at radius 1 is 1.55 bits per heavy atom. The predicted molar refractivity (Wildman–Crippen MR) is 81.8 cm³/mol. The number of anilines is 1. The largest absolute Gasteiger partial charge is 0.477 e. The highest BCUT2D eigenvalue weighted by Gasteiger charge is 2.19. The Hall–Kier alpha value is -1.95. The van der Waals surface area contributed by atoms with Gasteiger partial charge in [-0.1, -0.05) is 6.08 Å². The molecular formula is C14H17N3O2S. The van der Waals surface area contributed by atoms with Crippen LogP contribution in [0.1, 0.15) is 28.1 Å². The second kappa shape index (κ2) is 6.00. The zero-order valence-electron chi connectivity index (χ0n) is 11.6. The third kappa shape index (κ3) is 2.65. The minimum absolute atomic E-state index is 0.334. The van der Waals surface area contributed by atoms with Crippen molar-refractivity contribution in [3.05, 3.63) is 29.4 Å². The number of unbranched alkanes of at least 4 members (excludes halogenated alkanes) is 1. The summed E-state index contributed by atoms with van der Waals surface area (Å²) in [5.74, 6) is -0.119. The highest BCUT2D eigenvalue weighted by molar-refractivity contribution is 7.20. The molecule has 0 atom stereocenters. The molecule has 0 aliphatic carbocycles. The van der Waals surface area contributed by atoms with Gasteiger partial charge in [0.2, 0.25) is 0 Å². The lowest BCUT2D eigenvalue weighted by atomic mass is 10.2. The maximum absolute atomic E-state index is 11.2. The first kappa shape index (κ1) is 14.5. The maximum Gasteiger partial charge on any atom is 0.346 e. The molecule has 0 fully saturated rings. The van der Waals surface area contributed by atoms with Crippen LogP contribution in [0.15, 0.2) is 19.0 Å². The number of hydrogen-bond acceptors (Lipinski definition) is 5. The Labute approximate surface area is 121 Å². The summed E-state index contributed by atoms with van der Waals surface area (Å²) in [6, 6.07) is 0. The number of carbonyl (C=O) groups is 1. The van der Waals surface area contributed by atoms with Crippen molar-refractivity contribution in [2.24, 2.45) is 0 Å². The van der Waals surface area contributed by atoms with Gasteiger partial charge in [0, 0.05) is 13.6 Å². The van der Waals surface area contributed by atoms with Gasteiger partial charge in [0.05, 0.1) is 5.39 Å². The van der Waals surface area contributed by atoms with Gasteiger partial charge in [-0.15, -0.1) is 17.9 Å². The summed E-state index contributed by atoms with van der Waals surface area (Å²) in [5, 5.41) is 10.1. The van der Waals surface area contributed by atoms with E-state index in [2.05, 4.69) is 16.5 Å². The van der Waals surface area contributed by atoms with E-state index in [4.69, 9.17) is 0 Å². The van der Waals surface area contributed by atoms with E-state index in [1.807, 2.05) is 24.9 Å². The van der Waals surface area contributed by atoms with E-state index < -0.39 is 5.97 Å². The fraction of sp³-hybridized carbons (Fsp3) is 0.357. The Balaban J connectivity index is 2.43. The first-order chi connectivity index (χ1) is 9.56. The monoisotopic (exact) mass is 291 g/mol. The Kier molecular flexibility index (Phi) is 4.34. The topological polar surface area (TPSA) is 66.3 Å². The van der Waals surface area contributed by atoms with Crippen LogP contribution in [0.4, 0.5) is 5.82 Å². The lowest BCUT2D eigenvalue weighted by molar-refractivity contribution is 0.0701. The van der Waals surface area contributed by atoms with Gasteiger partial charge in [-0.05, 0) is 25.3 Å². The standard InChI is InChI=1S/C14H17N3O2S/c1-4-5-6-7-17(3)12-10-9(2)11(14(18)19)20-13(10)16-8-15-12/h4,8H,1,5-7H2,2-3H3,(H,18,19). The summed E-state index contributed by atoms with van der Waals surface area (Å²) >= 11 is 1.20. The molecule has 0 radical (unpaired) electrons. The summed E-state index contributed by atoms with van der Waals surface area (Å²) in [7, 11) is 1.96. The summed E-state index contributed by atoms with van der Waals surface area (Å²) in [6.07, 6.45) is 5.31. The first-order valence-corrected chi connectivity index (χ1v) is 7.17. The molecule has 0 bridgehead atoms. The van der Waals surface area contributed by atoms with Crippen molar-refractivity contribution in [1.29, 1.82) is 0 Å². The van der Waals surface area contributed by atoms with Crippen molar-refractivity contribution in [3.63, 3.8) is 0 Å². The van der Waals surface area contributed by atoms with E-state index in [9.17, 15) is 9.90 Å². The van der Waals surface area contributed by atoms with E-state index in [1.54, 1.807) is 0 Å². The van der Waals surface area contributed by atoms with Crippen molar-refractivity contribution in [2.75, 3.05) is 18.5 Å². The van der Waals surface area contributed by atoms with Crippen LogP contribution in [0.2, 0.25) is 0 Å². The zero-order chi connectivity index (χ0) is 14.7. The van der Waals surface area contributed by atoms with Crippen LogP contribution >= 0.6 is 11.3 Å². The number of aromatic carboxylic acids is 1. The molecule has 2 aromatic rings. The van der Waals surface area contributed by atoms with Crippen molar-refractivity contribution in [1.82, 2.24) is 9.97 Å². The second-order valence-corrected chi connectivity index (χ2v) is 5.59. The van der Waals surface area contributed by atoms with E-state index in [-0.39, 0.29) is 0 Å². The molecule has 0 amide bonds. The summed E-state index contributed by atoms with van der Waals surface area (Å²) in [4.78, 5) is 22.8. The molecule has 0 aliphatic rings. The number of allylic oxidation sites excluding steroid dienone is 1. The minimum atomic E-state index is -0.911. The minimum Gasteiger partial charge on any atom is -0.477 e. The van der Waals surface area contributed by atoms with Crippen molar-refractivity contribution in [2.45, 2.75) is 19.8 Å². The summed E-state index contributed by atoms with van der Waals surface area (Å²) < 4.78 is 0. The van der Waals surface area contributed by atoms with Gasteiger partial charge in [-0.25, -0.2) is 14.8 Å². The number of aromatic nitrogens is 2. The zero-order valence-corrected chi connectivity index (χ0v) is 12.4. The van der Waals surface area contributed by atoms with Crippen LogP contribution in [0, 0.1) is 6.92 Å². The van der Waals surface area contributed by atoms with Gasteiger partial charge in [0.25, 0.3) is 0 Å². The molecule has 20 heavy (non-hydrogen) atoms. The summed E-state index contributed by atoms with van der Waals surface area (Å²) in [6.45, 7) is 6.36. The van der Waals surface area contributed by atoms with Crippen LogP contribution < -0.4 is 4.90 Å². The number of aryl methyl sites for hydroxylation is 1. The van der Waals surface area contributed by atoms with Crippen LogP contribution in [0.3, 0.4) is 0 Å². The Morgan fingerprint density at radius 2 is 2.30 bits per heavy atom. The van der Waals surface area contributed by atoms with Crippen LogP contribution in [0.25, 0.3) is 10.2 Å². The molecule has 1 N–H and O–H groups in total. The molecule has 2 heterocycles. The number of carboxylic acid groups (broad SMARTS) is 1. The van der Waals surface area contributed by atoms with Gasteiger partial charge in [-0.3, -0.25) is 0 Å². The van der Waals surface area contributed by atoms with Gasteiger partial charge in [0.15, 0.2) is 0 Å². The quantitative estimate of drug-likeness (QED) is 0.654. The molecule has 0 unspecified atom stereocenters. The fourth-order valence-electron chi connectivity index (χ4n) is 2.13. The number of carboxylic acids is 1. The molecule has 2 rings (SSSR count). The smallest absolute Gasteiger partial charge is 0.346 e. The van der Waals surface area contributed by atoms with E-state index in [0.717, 1.165) is 41.0 Å². The van der Waals surface area contributed by atoms with Crippen LogP contribution in [-0.4, -0.2) is 34.6 Å². The molecule has 6 heteroatoms. The average Bonchev–Trinajstić information content (AvgIpc) is 2.76. The molecule has 2 aromatic heterocycles. The van der Waals surface area contributed by atoms with Gasteiger partial charge in [-0.2, -0.15) is 0 Å². The molecule has 0 spiro atoms. The number of fused-ring (bicyclic) bond motifs is 1. The second-order valence-electron chi connectivity index (χ2n) is 4.59. The number of nitrogens with zero attached hydrogens (tertiary/aromatic N) is 3. The Morgan fingerprint density at radius 3 is 2.95 bits per heavy atom. The number of hydrogen-bond donors (Lipinski definition) is 1. The Bertz CT molecular complexity index is 651. The lowest BCUT2D eigenvalue weighted by Crippen LogP contribution is -2.20. The lowest BCUT2D eigenvalue weighted by Gasteiger charge is -2.18.